The fraction of sp³-hybridized carbons (Fsp3) is 0.591. The number of rotatable bonds is 9. The molecule has 1 atom stereocenters. The molecule has 2 rings (SSSR count). The van der Waals surface area contributed by atoms with Crippen molar-refractivity contribution in [2.45, 2.75) is 58.9 Å². The number of carbonyl (C=O) groups is 3. The van der Waals surface area contributed by atoms with E-state index in [0.29, 0.717) is 19.7 Å². The van der Waals surface area contributed by atoms with Gasteiger partial charge in [-0.1, -0.05) is 37.6 Å². The SMILES string of the molecule is CCCCN(CC(=O)N1CCc2ccccc2C1C)C(=O)CCC(=O)OCC. The van der Waals surface area contributed by atoms with Crippen LogP contribution >= 0.6 is 0 Å². The first kappa shape index (κ1) is 21.9. The topological polar surface area (TPSA) is 66.9 Å². The van der Waals surface area contributed by atoms with Crippen molar-refractivity contribution in [2.75, 3.05) is 26.2 Å². The van der Waals surface area contributed by atoms with Gasteiger partial charge in [-0.05, 0) is 37.8 Å². The normalized spacial score (nSPS) is 15.7. The van der Waals surface area contributed by atoms with Gasteiger partial charge in [0.05, 0.1) is 25.6 Å². The lowest BCUT2D eigenvalue weighted by Gasteiger charge is -2.36. The molecule has 1 heterocycles. The van der Waals surface area contributed by atoms with Crippen molar-refractivity contribution in [3.8, 4) is 0 Å². The first-order chi connectivity index (χ1) is 13.5. The maximum atomic E-state index is 13.0. The van der Waals surface area contributed by atoms with Gasteiger partial charge in [0.1, 0.15) is 0 Å². The molecule has 1 unspecified atom stereocenters. The van der Waals surface area contributed by atoms with Crippen molar-refractivity contribution in [3.63, 3.8) is 0 Å². The van der Waals surface area contributed by atoms with Gasteiger partial charge in [-0.2, -0.15) is 0 Å². The lowest BCUT2D eigenvalue weighted by atomic mass is 9.93. The van der Waals surface area contributed by atoms with Crippen molar-refractivity contribution < 1.29 is 19.1 Å². The Balaban J connectivity index is 2.00. The molecule has 1 aromatic carbocycles. The number of ether oxygens (including phenoxy) is 1. The summed E-state index contributed by atoms with van der Waals surface area (Å²) >= 11 is 0. The Labute approximate surface area is 167 Å². The standard InChI is InChI=1S/C22H32N2O4/c1-4-6-14-23(20(25)11-12-22(27)28-5-2)16-21(26)24-15-13-18-9-7-8-10-19(18)17(24)3/h7-10,17H,4-6,11-16H2,1-3H3. The molecule has 0 saturated heterocycles. The van der Waals surface area contributed by atoms with Crippen molar-refractivity contribution in [3.05, 3.63) is 35.4 Å². The van der Waals surface area contributed by atoms with Crippen LogP contribution in [0.15, 0.2) is 24.3 Å². The molecule has 0 radical (unpaired) electrons. The molecule has 154 valence electrons. The molecule has 0 aliphatic carbocycles. The van der Waals surface area contributed by atoms with E-state index < -0.39 is 0 Å². The molecule has 0 aromatic heterocycles. The van der Waals surface area contributed by atoms with Crippen LogP contribution in [0, 0.1) is 0 Å². The van der Waals surface area contributed by atoms with E-state index in [9.17, 15) is 14.4 Å². The number of carbonyl (C=O) groups excluding carboxylic acids is 3. The minimum absolute atomic E-state index is 0.000101. The van der Waals surface area contributed by atoms with Gasteiger partial charge in [0, 0.05) is 19.5 Å². The molecule has 0 saturated carbocycles. The maximum absolute atomic E-state index is 13.0. The molecular weight excluding hydrogens is 356 g/mol. The highest BCUT2D eigenvalue weighted by atomic mass is 16.5. The zero-order valence-corrected chi connectivity index (χ0v) is 17.3. The molecule has 0 spiro atoms. The molecule has 1 aromatic rings. The van der Waals surface area contributed by atoms with Gasteiger partial charge in [-0.15, -0.1) is 0 Å². The van der Waals surface area contributed by atoms with Crippen LogP contribution in [0.2, 0.25) is 0 Å². The quantitative estimate of drug-likeness (QED) is 0.610. The Morgan fingerprint density at radius 2 is 1.93 bits per heavy atom. The first-order valence-corrected chi connectivity index (χ1v) is 10.3. The smallest absolute Gasteiger partial charge is 0.306 e. The number of unbranched alkanes of at least 4 members (excludes halogenated alkanes) is 1. The highest BCUT2D eigenvalue weighted by molar-refractivity contribution is 5.87. The Morgan fingerprint density at radius 1 is 1.18 bits per heavy atom. The van der Waals surface area contributed by atoms with Crippen molar-refractivity contribution in [2.24, 2.45) is 0 Å². The van der Waals surface area contributed by atoms with Crippen molar-refractivity contribution >= 4 is 17.8 Å². The highest BCUT2D eigenvalue weighted by Crippen LogP contribution is 2.29. The number of benzene rings is 1. The van der Waals surface area contributed by atoms with E-state index in [0.717, 1.165) is 19.3 Å². The number of fused-ring (bicyclic) bond motifs is 1. The summed E-state index contributed by atoms with van der Waals surface area (Å²) in [6.07, 6.45) is 2.73. The summed E-state index contributed by atoms with van der Waals surface area (Å²) < 4.78 is 4.89. The minimum Gasteiger partial charge on any atom is -0.466 e. The fourth-order valence-corrected chi connectivity index (χ4v) is 3.61. The molecule has 0 bridgehead atoms. The average molecular weight is 389 g/mol. The third-order valence-corrected chi connectivity index (χ3v) is 5.22. The average Bonchev–Trinajstić information content (AvgIpc) is 2.69. The number of hydrogen-bond acceptors (Lipinski definition) is 4. The van der Waals surface area contributed by atoms with E-state index in [1.165, 1.54) is 11.1 Å². The number of amides is 2. The lowest BCUT2D eigenvalue weighted by Crippen LogP contribution is -2.46. The van der Waals surface area contributed by atoms with Gasteiger partial charge in [-0.3, -0.25) is 14.4 Å². The van der Waals surface area contributed by atoms with E-state index >= 15 is 0 Å². The second-order valence-electron chi connectivity index (χ2n) is 7.19. The summed E-state index contributed by atoms with van der Waals surface area (Å²) in [6, 6.07) is 8.20. The predicted octanol–water partition coefficient (Wildman–Crippen LogP) is 3.10. The maximum Gasteiger partial charge on any atom is 0.306 e. The number of nitrogens with zero attached hydrogens (tertiary/aromatic N) is 2. The lowest BCUT2D eigenvalue weighted by molar-refractivity contribution is -0.146. The summed E-state index contributed by atoms with van der Waals surface area (Å²) in [5.41, 5.74) is 2.46. The van der Waals surface area contributed by atoms with Crippen LogP contribution in [0.4, 0.5) is 0 Å². The van der Waals surface area contributed by atoms with Gasteiger partial charge in [0.15, 0.2) is 0 Å². The molecule has 1 aliphatic rings. The van der Waals surface area contributed by atoms with Crippen LogP contribution in [0.25, 0.3) is 0 Å². The molecule has 2 amide bonds. The van der Waals surface area contributed by atoms with E-state index in [-0.39, 0.29) is 43.2 Å². The highest BCUT2D eigenvalue weighted by Gasteiger charge is 2.29. The van der Waals surface area contributed by atoms with Crippen molar-refractivity contribution in [1.29, 1.82) is 0 Å². The molecule has 0 fully saturated rings. The number of hydrogen-bond donors (Lipinski definition) is 0. The second kappa shape index (κ2) is 10.8. The van der Waals surface area contributed by atoms with Crippen LogP contribution < -0.4 is 0 Å². The number of esters is 1. The predicted molar refractivity (Wildman–Crippen MR) is 108 cm³/mol. The van der Waals surface area contributed by atoms with Crippen LogP contribution in [0.1, 0.15) is 63.6 Å². The van der Waals surface area contributed by atoms with Gasteiger partial charge in [0.25, 0.3) is 0 Å². The summed E-state index contributed by atoms with van der Waals surface area (Å²) in [5, 5.41) is 0. The molecule has 0 N–H and O–H groups in total. The molecule has 1 aliphatic heterocycles. The Kier molecular flexibility index (Phi) is 8.48. The summed E-state index contributed by atoms with van der Waals surface area (Å²) in [4.78, 5) is 40.6. The first-order valence-electron chi connectivity index (χ1n) is 10.3. The molecule has 6 nitrogen and oxygen atoms in total. The van der Waals surface area contributed by atoms with Crippen LogP contribution in [0.3, 0.4) is 0 Å². The van der Waals surface area contributed by atoms with Crippen molar-refractivity contribution in [1.82, 2.24) is 9.80 Å². The van der Waals surface area contributed by atoms with Crippen LogP contribution in [-0.4, -0.2) is 53.8 Å². The van der Waals surface area contributed by atoms with E-state index in [4.69, 9.17) is 4.74 Å². The Morgan fingerprint density at radius 3 is 2.64 bits per heavy atom. The van der Waals surface area contributed by atoms with Crippen LogP contribution in [-0.2, 0) is 25.5 Å². The summed E-state index contributed by atoms with van der Waals surface area (Å²) in [6.45, 7) is 7.39. The van der Waals surface area contributed by atoms with Gasteiger partial charge >= 0.3 is 5.97 Å². The molecule has 6 heteroatoms. The van der Waals surface area contributed by atoms with E-state index in [1.54, 1.807) is 11.8 Å². The third kappa shape index (κ3) is 5.81. The van der Waals surface area contributed by atoms with Crippen LogP contribution in [0.5, 0.6) is 0 Å². The van der Waals surface area contributed by atoms with E-state index in [2.05, 4.69) is 12.1 Å². The monoisotopic (exact) mass is 388 g/mol. The zero-order chi connectivity index (χ0) is 20.5. The largest absolute Gasteiger partial charge is 0.466 e. The Hall–Kier alpha value is -2.37. The third-order valence-electron chi connectivity index (χ3n) is 5.22. The Bertz CT molecular complexity index is 689. The van der Waals surface area contributed by atoms with Gasteiger partial charge < -0.3 is 14.5 Å². The van der Waals surface area contributed by atoms with Gasteiger partial charge in [-0.25, -0.2) is 0 Å². The molecular formula is C22H32N2O4. The zero-order valence-electron chi connectivity index (χ0n) is 17.3. The summed E-state index contributed by atoms with van der Waals surface area (Å²) in [5.74, 6) is -0.582. The second-order valence-corrected chi connectivity index (χ2v) is 7.19. The van der Waals surface area contributed by atoms with E-state index in [1.807, 2.05) is 30.9 Å². The fourth-order valence-electron chi connectivity index (χ4n) is 3.61. The van der Waals surface area contributed by atoms with Gasteiger partial charge in [0.2, 0.25) is 11.8 Å². The summed E-state index contributed by atoms with van der Waals surface area (Å²) in [7, 11) is 0. The molecule has 28 heavy (non-hydrogen) atoms. The minimum atomic E-state index is -0.376.